The van der Waals surface area contributed by atoms with Crippen molar-refractivity contribution < 1.29 is 18.7 Å². The summed E-state index contributed by atoms with van der Waals surface area (Å²) in [7, 11) is 0. The summed E-state index contributed by atoms with van der Waals surface area (Å²) in [6.07, 6.45) is 5.27. The molecule has 1 atom stereocenters. The van der Waals surface area contributed by atoms with Gasteiger partial charge in [-0.05, 0) is 49.6 Å². The number of anilines is 1. The first kappa shape index (κ1) is 18.6. The molecule has 1 fully saturated rings. The Morgan fingerprint density at radius 1 is 1.07 bits per heavy atom. The Morgan fingerprint density at radius 2 is 1.79 bits per heavy atom. The molecule has 0 radical (unpaired) electrons. The quantitative estimate of drug-likeness (QED) is 0.803. The number of ether oxygens (including phenoxy) is 2. The summed E-state index contributed by atoms with van der Waals surface area (Å²) in [5.41, 5.74) is 1.66. The van der Waals surface area contributed by atoms with Gasteiger partial charge in [-0.25, -0.2) is 4.39 Å². The largest absolute Gasteiger partial charge is 0.448 e. The molecule has 2 N–H and O–H groups in total. The highest BCUT2D eigenvalue weighted by atomic mass is 19.1. The van der Waals surface area contributed by atoms with E-state index in [-0.39, 0.29) is 11.7 Å². The lowest BCUT2D eigenvalue weighted by atomic mass is 9.94. The first-order chi connectivity index (χ1) is 13.5. The third kappa shape index (κ3) is 4.06. The maximum atomic E-state index is 13.0. The monoisotopic (exact) mass is 384 g/mol. The molecular formula is C22H25FN2O3. The van der Waals surface area contributed by atoms with Crippen LogP contribution < -0.4 is 20.1 Å². The summed E-state index contributed by atoms with van der Waals surface area (Å²) in [6.45, 7) is 2.15. The molecule has 2 aromatic carbocycles. The van der Waals surface area contributed by atoms with Crippen LogP contribution in [0.3, 0.4) is 0 Å². The highest BCUT2D eigenvalue weighted by Gasteiger charge is 2.42. The van der Waals surface area contributed by atoms with Gasteiger partial charge in [0, 0.05) is 31.1 Å². The van der Waals surface area contributed by atoms with Crippen molar-refractivity contribution in [2.75, 3.05) is 5.32 Å². The van der Waals surface area contributed by atoms with Crippen LogP contribution in [0.25, 0.3) is 0 Å². The van der Waals surface area contributed by atoms with E-state index in [1.807, 2.05) is 18.2 Å². The van der Waals surface area contributed by atoms with E-state index >= 15 is 0 Å². The minimum absolute atomic E-state index is 0.134. The Balaban J connectivity index is 1.33. The van der Waals surface area contributed by atoms with Crippen molar-refractivity contribution in [2.24, 2.45) is 0 Å². The lowest BCUT2D eigenvalue weighted by Gasteiger charge is -2.31. The Hall–Kier alpha value is -2.76. The lowest BCUT2D eigenvalue weighted by Crippen LogP contribution is -2.40. The minimum atomic E-state index is -0.503. The van der Waals surface area contributed by atoms with E-state index in [4.69, 9.17) is 9.47 Å². The molecular weight excluding hydrogens is 359 g/mol. The summed E-state index contributed by atoms with van der Waals surface area (Å²) in [5, 5.41) is 6.06. The number of rotatable bonds is 5. The zero-order chi connectivity index (χ0) is 19.6. The van der Waals surface area contributed by atoms with Crippen LogP contribution in [-0.2, 0) is 11.3 Å². The van der Waals surface area contributed by atoms with Crippen LogP contribution in [0.2, 0.25) is 0 Å². The van der Waals surface area contributed by atoms with Gasteiger partial charge in [-0.2, -0.15) is 0 Å². The summed E-state index contributed by atoms with van der Waals surface area (Å²) in [6, 6.07) is 11.3. The van der Waals surface area contributed by atoms with Crippen molar-refractivity contribution in [3.63, 3.8) is 0 Å². The molecule has 5 nitrogen and oxygen atoms in total. The van der Waals surface area contributed by atoms with Gasteiger partial charge in [-0.1, -0.05) is 18.6 Å². The Labute approximate surface area is 164 Å². The minimum Gasteiger partial charge on any atom is -0.448 e. The molecule has 1 heterocycles. The number of halogens is 1. The van der Waals surface area contributed by atoms with Gasteiger partial charge in [-0.3, -0.25) is 4.79 Å². The van der Waals surface area contributed by atoms with Gasteiger partial charge in [0.1, 0.15) is 11.9 Å². The molecule has 1 spiro atoms. The van der Waals surface area contributed by atoms with Gasteiger partial charge >= 0.3 is 0 Å². The first-order valence-electron chi connectivity index (χ1n) is 9.84. The van der Waals surface area contributed by atoms with Crippen LogP contribution in [0.1, 0.15) is 44.6 Å². The molecule has 1 saturated carbocycles. The van der Waals surface area contributed by atoms with Gasteiger partial charge in [0.25, 0.3) is 5.79 Å². The van der Waals surface area contributed by atoms with Crippen molar-refractivity contribution in [2.45, 2.75) is 57.4 Å². The maximum absolute atomic E-state index is 13.0. The second-order valence-electron chi connectivity index (χ2n) is 7.55. The molecule has 148 valence electrons. The highest BCUT2D eigenvalue weighted by Crippen LogP contribution is 2.46. The van der Waals surface area contributed by atoms with Crippen molar-refractivity contribution in [3.05, 3.63) is 53.8 Å². The fourth-order valence-corrected chi connectivity index (χ4v) is 3.74. The molecule has 1 unspecified atom stereocenters. The van der Waals surface area contributed by atoms with Gasteiger partial charge in [0.05, 0.1) is 0 Å². The van der Waals surface area contributed by atoms with Crippen LogP contribution in [0.5, 0.6) is 11.5 Å². The standard InChI is InChI=1S/C22H25FN2O3/c1-15(21(26)24-14-16-5-7-17(23)8-6-16)25-18-9-10-19-20(13-18)28-22(27-19)11-3-2-4-12-22/h5-10,13,15,25H,2-4,11-12,14H2,1H3,(H,24,26). The molecule has 0 aromatic heterocycles. The maximum Gasteiger partial charge on any atom is 0.251 e. The average Bonchev–Trinajstić information content (AvgIpc) is 3.04. The van der Waals surface area contributed by atoms with Crippen molar-refractivity contribution >= 4 is 11.6 Å². The normalized spacial score (nSPS) is 17.9. The van der Waals surface area contributed by atoms with Gasteiger partial charge < -0.3 is 20.1 Å². The number of nitrogens with one attached hydrogen (secondary N) is 2. The topological polar surface area (TPSA) is 59.6 Å². The lowest BCUT2D eigenvalue weighted by molar-refractivity contribution is -0.121. The number of amides is 1. The van der Waals surface area contributed by atoms with Crippen molar-refractivity contribution in [3.8, 4) is 11.5 Å². The Bertz CT molecular complexity index is 847. The highest BCUT2D eigenvalue weighted by molar-refractivity contribution is 5.84. The fraction of sp³-hybridized carbons (Fsp3) is 0.409. The molecule has 1 aliphatic carbocycles. The zero-order valence-corrected chi connectivity index (χ0v) is 16.0. The zero-order valence-electron chi connectivity index (χ0n) is 16.0. The van der Waals surface area contributed by atoms with Crippen LogP contribution >= 0.6 is 0 Å². The van der Waals surface area contributed by atoms with Crippen LogP contribution in [0.15, 0.2) is 42.5 Å². The fourth-order valence-electron chi connectivity index (χ4n) is 3.74. The second kappa shape index (κ2) is 7.70. The number of carbonyl (C=O) groups excluding carboxylic acids is 1. The number of benzene rings is 2. The van der Waals surface area contributed by atoms with Gasteiger partial charge in [0.2, 0.25) is 5.91 Å². The van der Waals surface area contributed by atoms with E-state index in [2.05, 4.69) is 10.6 Å². The molecule has 0 saturated heterocycles. The Kier molecular flexibility index (Phi) is 5.11. The molecule has 28 heavy (non-hydrogen) atoms. The van der Waals surface area contributed by atoms with E-state index in [0.29, 0.717) is 6.54 Å². The van der Waals surface area contributed by atoms with Crippen LogP contribution in [0, 0.1) is 5.82 Å². The van der Waals surface area contributed by atoms with E-state index in [9.17, 15) is 9.18 Å². The summed E-state index contributed by atoms with van der Waals surface area (Å²) in [4.78, 5) is 12.4. The molecule has 1 aliphatic heterocycles. The van der Waals surface area contributed by atoms with E-state index < -0.39 is 11.8 Å². The SMILES string of the molecule is CC(Nc1ccc2c(c1)OC1(CCCCC1)O2)C(=O)NCc1ccc(F)cc1. The van der Waals surface area contributed by atoms with E-state index in [0.717, 1.165) is 48.4 Å². The summed E-state index contributed by atoms with van der Waals surface area (Å²) >= 11 is 0. The van der Waals surface area contributed by atoms with E-state index in [1.165, 1.54) is 18.6 Å². The number of carbonyl (C=O) groups is 1. The van der Waals surface area contributed by atoms with Gasteiger partial charge in [0.15, 0.2) is 11.5 Å². The summed E-state index contributed by atoms with van der Waals surface area (Å²) < 4.78 is 25.2. The molecule has 1 amide bonds. The van der Waals surface area contributed by atoms with Crippen molar-refractivity contribution in [1.29, 1.82) is 0 Å². The van der Waals surface area contributed by atoms with E-state index in [1.54, 1.807) is 19.1 Å². The third-order valence-electron chi connectivity index (χ3n) is 5.31. The average molecular weight is 384 g/mol. The molecule has 2 aliphatic rings. The third-order valence-corrected chi connectivity index (χ3v) is 5.31. The number of hydrogen-bond acceptors (Lipinski definition) is 4. The Morgan fingerprint density at radius 3 is 2.54 bits per heavy atom. The molecule has 4 rings (SSSR count). The number of fused-ring (bicyclic) bond motifs is 1. The predicted octanol–water partition coefficient (Wildman–Crippen LogP) is 4.37. The second-order valence-corrected chi connectivity index (χ2v) is 7.55. The van der Waals surface area contributed by atoms with Crippen molar-refractivity contribution in [1.82, 2.24) is 5.32 Å². The first-order valence-corrected chi connectivity index (χ1v) is 9.84. The van der Waals surface area contributed by atoms with Crippen LogP contribution in [-0.4, -0.2) is 17.7 Å². The molecule has 6 heteroatoms. The molecule has 2 aromatic rings. The molecule has 0 bridgehead atoms. The van der Waals surface area contributed by atoms with Crippen LogP contribution in [0.4, 0.5) is 10.1 Å². The summed E-state index contributed by atoms with van der Waals surface area (Å²) in [5.74, 6) is 0.567. The van der Waals surface area contributed by atoms with Gasteiger partial charge in [-0.15, -0.1) is 0 Å². The number of hydrogen-bond donors (Lipinski definition) is 2. The predicted molar refractivity (Wildman–Crippen MR) is 105 cm³/mol. The smallest absolute Gasteiger partial charge is 0.251 e.